The van der Waals surface area contributed by atoms with Gasteiger partial charge in [-0.05, 0) is 47.6 Å². The van der Waals surface area contributed by atoms with Crippen molar-refractivity contribution in [2.24, 2.45) is 5.41 Å². The molecule has 1 saturated heterocycles. The van der Waals surface area contributed by atoms with Crippen LogP contribution >= 0.6 is 11.6 Å². The number of amides is 2. The molecule has 1 heterocycles. The molecule has 2 fully saturated rings. The molecule has 7 nitrogen and oxygen atoms in total. The Morgan fingerprint density at radius 2 is 1.44 bits per heavy atom. The number of nitrogens with zero attached hydrogens (tertiary/aromatic N) is 2. The summed E-state index contributed by atoms with van der Waals surface area (Å²) < 4.78 is 4.87. The molecule has 2 aliphatic rings. The van der Waals surface area contributed by atoms with Crippen LogP contribution in [0.5, 0.6) is 0 Å². The normalized spacial score (nSPS) is 17.0. The van der Waals surface area contributed by atoms with Crippen LogP contribution in [0.1, 0.15) is 72.5 Å². The van der Waals surface area contributed by atoms with Crippen molar-refractivity contribution in [3.05, 3.63) is 101 Å². The zero-order valence-corrected chi connectivity index (χ0v) is 25.5. The van der Waals surface area contributed by atoms with Crippen molar-refractivity contribution in [1.29, 1.82) is 0 Å². The van der Waals surface area contributed by atoms with E-state index in [9.17, 15) is 14.4 Å². The van der Waals surface area contributed by atoms with Crippen LogP contribution in [0.3, 0.4) is 0 Å². The van der Waals surface area contributed by atoms with Crippen LogP contribution in [0, 0.1) is 5.41 Å². The number of benzene rings is 3. The van der Waals surface area contributed by atoms with Crippen LogP contribution in [0.15, 0.2) is 78.9 Å². The van der Waals surface area contributed by atoms with Crippen molar-refractivity contribution in [3.8, 4) is 0 Å². The molecular formula is C35H40ClN3O4. The Hall–Kier alpha value is -3.68. The van der Waals surface area contributed by atoms with Crippen molar-refractivity contribution in [1.82, 2.24) is 9.80 Å². The van der Waals surface area contributed by atoms with Gasteiger partial charge in [-0.3, -0.25) is 14.5 Å². The molecule has 1 aliphatic carbocycles. The van der Waals surface area contributed by atoms with Gasteiger partial charge in [0.1, 0.15) is 0 Å². The lowest BCUT2D eigenvalue weighted by Gasteiger charge is -2.42. The topological polar surface area (TPSA) is 78.9 Å². The molecule has 0 radical (unpaired) electrons. The lowest BCUT2D eigenvalue weighted by molar-refractivity contribution is -0.137. The summed E-state index contributed by atoms with van der Waals surface area (Å²) in [5, 5.41) is 3.28. The van der Waals surface area contributed by atoms with E-state index in [0.29, 0.717) is 30.2 Å². The number of esters is 1. The minimum atomic E-state index is -0.568. The van der Waals surface area contributed by atoms with Gasteiger partial charge < -0.3 is 15.0 Å². The van der Waals surface area contributed by atoms with Gasteiger partial charge in [0.2, 0.25) is 11.8 Å². The second kappa shape index (κ2) is 14.2. The SMILES string of the molecule is COC(=O)c1cc(Cl)ccc1NC(=O)CC1(CC(=O)N2CCN(C(c3ccccc3)c3ccccc3)CC2)CCCCC1. The monoisotopic (exact) mass is 601 g/mol. The Labute approximate surface area is 259 Å². The second-order valence-corrected chi connectivity index (χ2v) is 12.2. The maximum atomic E-state index is 13.7. The Morgan fingerprint density at radius 1 is 0.837 bits per heavy atom. The molecule has 0 spiro atoms. The Bertz CT molecular complexity index is 1360. The molecule has 3 aromatic carbocycles. The van der Waals surface area contributed by atoms with Gasteiger partial charge in [0.25, 0.3) is 0 Å². The van der Waals surface area contributed by atoms with Crippen LogP contribution in [-0.4, -0.2) is 60.9 Å². The largest absolute Gasteiger partial charge is 0.465 e. The van der Waals surface area contributed by atoms with E-state index in [1.807, 2.05) is 17.0 Å². The average molecular weight is 602 g/mol. The lowest BCUT2D eigenvalue weighted by atomic mass is 9.69. The maximum Gasteiger partial charge on any atom is 0.340 e. The summed E-state index contributed by atoms with van der Waals surface area (Å²) in [6.45, 7) is 2.87. The maximum absolute atomic E-state index is 13.7. The number of carbonyl (C=O) groups is 3. The fourth-order valence-corrected chi connectivity index (χ4v) is 6.88. The zero-order chi connectivity index (χ0) is 30.2. The Kier molecular flexibility index (Phi) is 10.2. The van der Waals surface area contributed by atoms with Gasteiger partial charge >= 0.3 is 5.97 Å². The number of anilines is 1. The molecule has 1 N–H and O–H groups in total. The smallest absolute Gasteiger partial charge is 0.340 e. The fourth-order valence-electron chi connectivity index (χ4n) is 6.70. The lowest BCUT2D eigenvalue weighted by Crippen LogP contribution is -2.51. The first-order valence-corrected chi connectivity index (χ1v) is 15.5. The predicted molar refractivity (Wildman–Crippen MR) is 169 cm³/mol. The summed E-state index contributed by atoms with van der Waals surface area (Å²) in [6.07, 6.45) is 5.36. The van der Waals surface area contributed by atoms with Gasteiger partial charge in [0.15, 0.2) is 0 Å². The molecule has 8 heteroatoms. The van der Waals surface area contributed by atoms with Gasteiger partial charge in [-0.2, -0.15) is 0 Å². The Morgan fingerprint density at radius 3 is 2.02 bits per heavy atom. The van der Waals surface area contributed by atoms with Gasteiger partial charge in [-0.25, -0.2) is 4.79 Å². The summed E-state index contributed by atoms with van der Waals surface area (Å²) in [4.78, 5) is 43.8. The molecular weight excluding hydrogens is 562 g/mol. The van der Waals surface area contributed by atoms with Crippen molar-refractivity contribution < 1.29 is 19.1 Å². The third kappa shape index (κ3) is 7.64. The first kappa shape index (κ1) is 30.8. The van der Waals surface area contributed by atoms with Crippen molar-refractivity contribution in [2.45, 2.75) is 51.0 Å². The van der Waals surface area contributed by atoms with E-state index in [1.165, 1.54) is 24.3 Å². The summed E-state index contributed by atoms with van der Waals surface area (Å²) >= 11 is 6.09. The molecule has 2 amide bonds. The van der Waals surface area contributed by atoms with Crippen LogP contribution < -0.4 is 5.32 Å². The zero-order valence-electron chi connectivity index (χ0n) is 24.8. The highest BCUT2D eigenvalue weighted by molar-refractivity contribution is 6.31. The number of ether oxygens (including phenoxy) is 1. The van der Waals surface area contributed by atoms with Gasteiger partial charge in [0, 0.05) is 44.0 Å². The molecule has 3 aromatic rings. The molecule has 0 aromatic heterocycles. The van der Waals surface area contributed by atoms with E-state index in [2.05, 4.69) is 58.7 Å². The van der Waals surface area contributed by atoms with E-state index in [4.69, 9.17) is 16.3 Å². The number of rotatable bonds is 9. The first-order valence-electron chi connectivity index (χ1n) is 15.2. The summed E-state index contributed by atoms with van der Waals surface area (Å²) in [7, 11) is 1.29. The Balaban J connectivity index is 1.24. The van der Waals surface area contributed by atoms with E-state index in [-0.39, 0.29) is 29.8 Å². The number of carbonyl (C=O) groups excluding carboxylic acids is 3. The number of hydrogen-bond acceptors (Lipinski definition) is 5. The quantitative estimate of drug-likeness (QED) is 0.275. The molecule has 0 bridgehead atoms. The standard InChI is InChI=1S/C35H40ClN3O4/c1-43-34(42)29-23-28(36)15-16-30(29)37-31(40)24-35(17-9-4-10-18-35)25-32(41)38-19-21-39(22-20-38)33(26-11-5-2-6-12-26)27-13-7-3-8-14-27/h2-3,5-8,11-16,23,33H,4,9-10,17-22,24-25H2,1H3,(H,37,40). The summed E-state index contributed by atoms with van der Waals surface area (Å²) in [5.41, 5.74) is 2.67. The van der Waals surface area contributed by atoms with Crippen molar-refractivity contribution in [3.63, 3.8) is 0 Å². The third-order valence-electron chi connectivity index (χ3n) is 8.90. The van der Waals surface area contributed by atoms with E-state index < -0.39 is 11.4 Å². The minimum absolute atomic E-state index is 0.118. The summed E-state index contributed by atoms with van der Waals surface area (Å²) in [6, 6.07) is 25.9. The van der Waals surface area contributed by atoms with E-state index in [1.54, 1.807) is 12.1 Å². The van der Waals surface area contributed by atoms with Gasteiger partial charge in [-0.15, -0.1) is 0 Å². The van der Waals surface area contributed by atoms with E-state index in [0.717, 1.165) is 45.2 Å². The number of methoxy groups -OCH3 is 1. The second-order valence-electron chi connectivity index (χ2n) is 11.8. The number of piperazine rings is 1. The van der Waals surface area contributed by atoms with Crippen molar-refractivity contribution >= 4 is 35.1 Å². The first-order chi connectivity index (χ1) is 20.9. The van der Waals surface area contributed by atoms with E-state index >= 15 is 0 Å². The fraction of sp³-hybridized carbons (Fsp3) is 0.400. The molecule has 0 unspecified atom stereocenters. The molecule has 43 heavy (non-hydrogen) atoms. The summed E-state index contributed by atoms with van der Waals surface area (Å²) in [5.74, 6) is -0.658. The number of nitrogens with one attached hydrogen (secondary N) is 1. The molecule has 5 rings (SSSR count). The van der Waals surface area contributed by atoms with Crippen LogP contribution in [0.4, 0.5) is 5.69 Å². The molecule has 1 aliphatic heterocycles. The molecule has 226 valence electrons. The number of hydrogen-bond donors (Lipinski definition) is 1. The van der Waals surface area contributed by atoms with Crippen LogP contribution in [0.2, 0.25) is 5.02 Å². The third-order valence-corrected chi connectivity index (χ3v) is 9.13. The molecule has 0 atom stereocenters. The molecule has 1 saturated carbocycles. The van der Waals surface area contributed by atoms with Crippen molar-refractivity contribution in [2.75, 3.05) is 38.6 Å². The number of halogens is 1. The van der Waals surface area contributed by atoms with Gasteiger partial charge in [-0.1, -0.05) is 91.5 Å². The van der Waals surface area contributed by atoms with Gasteiger partial charge in [0.05, 0.1) is 24.4 Å². The predicted octanol–water partition coefficient (Wildman–Crippen LogP) is 6.73. The average Bonchev–Trinajstić information content (AvgIpc) is 3.03. The van der Waals surface area contributed by atoms with Crippen LogP contribution in [0.25, 0.3) is 0 Å². The minimum Gasteiger partial charge on any atom is -0.465 e. The highest BCUT2D eigenvalue weighted by Crippen LogP contribution is 2.43. The van der Waals surface area contributed by atoms with Crippen LogP contribution in [-0.2, 0) is 14.3 Å². The highest BCUT2D eigenvalue weighted by Gasteiger charge is 2.39. The highest BCUT2D eigenvalue weighted by atomic mass is 35.5.